The van der Waals surface area contributed by atoms with Crippen LogP contribution in [0.2, 0.25) is 0 Å². The zero-order valence-electron chi connectivity index (χ0n) is 15.3. The van der Waals surface area contributed by atoms with Gasteiger partial charge in [-0.3, -0.25) is 0 Å². The molecule has 0 bridgehead atoms. The van der Waals surface area contributed by atoms with Crippen molar-refractivity contribution in [2.75, 3.05) is 69.4 Å². The van der Waals surface area contributed by atoms with E-state index in [0.717, 1.165) is 34.5 Å². The Labute approximate surface area is 200 Å². The van der Waals surface area contributed by atoms with E-state index in [0.29, 0.717) is 34.3 Å². The smallest absolute Gasteiger partial charge is 0.0765 e. The molecule has 0 aliphatic carbocycles. The van der Waals surface area contributed by atoms with Crippen LogP contribution in [0.3, 0.4) is 0 Å². The maximum atomic E-state index is 9.60. The van der Waals surface area contributed by atoms with Crippen molar-refractivity contribution in [1.29, 1.82) is 0 Å². The van der Waals surface area contributed by atoms with Crippen LogP contribution < -0.4 is 0 Å². The zero-order valence-corrected chi connectivity index (χ0v) is 21.7. The highest BCUT2D eigenvalue weighted by atomic mass is 35.5. The van der Waals surface area contributed by atoms with Crippen molar-refractivity contribution >= 4 is 93.6 Å². The van der Waals surface area contributed by atoms with E-state index in [2.05, 4.69) is 0 Å². The van der Waals surface area contributed by atoms with Gasteiger partial charge < -0.3 is 15.3 Å². The van der Waals surface area contributed by atoms with Crippen molar-refractivity contribution in [2.24, 2.45) is 0 Å². The van der Waals surface area contributed by atoms with E-state index in [9.17, 15) is 15.3 Å². The van der Waals surface area contributed by atoms with Crippen molar-refractivity contribution in [3.8, 4) is 0 Å². The molecule has 0 amide bonds. The zero-order chi connectivity index (χ0) is 20.3. The van der Waals surface area contributed by atoms with E-state index >= 15 is 0 Å². The summed E-state index contributed by atoms with van der Waals surface area (Å²) in [7, 11) is 0. The number of thioether (sulfide) groups is 5. The van der Waals surface area contributed by atoms with Crippen molar-refractivity contribution in [3.05, 3.63) is 0 Å². The molecule has 11 heteroatoms. The second kappa shape index (κ2) is 21.7. The van der Waals surface area contributed by atoms with Crippen molar-refractivity contribution < 1.29 is 15.3 Å². The van der Waals surface area contributed by atoms with Gasteiger partial charge in [0.15, 0.2) is 0 Å². The predicted molar refractivity (Wildman–Crippen MR) is 136 cm³/mol. The molecule has 3 N–H and O–H groups in total. The Hall–Kier alpha value is 2.50. The lowest BCUT2D eigenvalue weighted by molar-refractivity contribution is 0.223. The Morgan fingerprint density at radius 3 is 1.37 bits per heavy atom. The first-order valence-electron chi connectivity index (χ1n) is 8.68. The molecule has 0 saturated heterocycles. The quantitative estimate of drug-likeness (QED) is 0.160. The van der Waals surface area contributed by atoms with E-state index in [1.54, 1.807) is 35.3 Å². The number of aliphatic hydroxyl groups is 3. The minimum atomic E-state index is -0.438. The van der Waals surface area contributed by atoms with E-state index in [1.807, 2.05) is 23.5 Å². The lowest BCUT2D eigenvalue weighted by Gasteiger charge is -2.17. The fourth-order valence-corrected chi connectivity index (χ4v) is 8.57. The third-order valence-corrected chi connectivity index (χ3v) is 10.9. The second-order valence-corrected chi connectivity index (χ2v) is 12.5. The second-order valence-electron chi connectivity index (χ2n) is 5.68. The topological polar surface area (TPSA) is 60.7 Å². The first-order chi connectivity index (χ1) is 13.0. The Morgan fingerprint density at radius 1 is 0.519 bits per heavy atom. The molecule has 0 radical (unpaired) electrons. The molecule has 0 rings (SSSR count). The predicted octanol–water partition coefficient (Wildman–Crippen LogP) is 3.82. The van der Waals surface area contributed by atoms with Crippen molar-refractivity contribution in [3.63, 3.8) is 0 Å². The summed E-state index contributed by atoms with van der Waals surface area (Å²) in [6.45, 7) is 0. The van der Waals surface area contributed by atoms with Crippen LogP contribution in [0.4, 0.5) is 0 Å². The van der Waals surface area contributed by atoms with Gasteiger partial charge >= 0.3 is 0 Å². The molecule has 0 heterocycles. The van der Waals surface area contributed by atoms with Gasteiger partial charge in [0.1, 0.15) is 0 Å². The third-order valence-electron chi connectivity index (χ3n) is 3.03. The Kier molecular flexibility index (Phi) is 23.7. The molecule has 0 aromatic rings. The summed E-state index contributed by atoms with van der Waals surface area (Å²) in [5, 5.41) is 29.0. The molecule has 164 valence electrons. The Bertz CT molecular complexity index is 325. The van der Waals surface area contributed by atoms with Crippen LogP contribution in [-0.2, 0) is 0 Å². The van der Waals surface area contributed by atoms with Gasteiger partial charge in [0.2, 0.25) is 0 Å². The molecule has 4 unspecified atom stereocenters. The van der Waals surface area contributed by atoms with Gasteiger partial charge in [-0.15, -0.1) is 34.8 Å². The lowest BCUT2D eigenvalue weighted by Crippen LogP contribution is -2.17. The maximum Gasteiger partial charge on any atom is 0.0765 e. The average molecular weight is 538 g/mol. The van der Waals surface area contributed by atoms with Crippen LogP contribution in [0.1, 0.15) is 0 Å². The molecule has 27 heavy (non-hydrogen) atoms. The largest absolute Gasteiger partial charge is 0.391 e. The van der Waals surface area contributed by atoms with Crippen LogP contribution >= 0.6 is 93.6 Å². The summed E-state index contributed by atoms with van der Waals surface area (Å²) in [5.41, 5.74) is 0. The van der Waals surface area contributed by atoms with Gasteiger partial charge in [-0.2, -0.15) is 58.8 Å². The summed E-state index contributed by atoms with van der Waals surface area (Å²) in [6.07, 6.45) is -1.27. The molecule has 3 nitrogen and oxygen atoms in total. The number of rotatable bonds is 20. The molecule has 0 aliphatic rings. The number of halogens is 3. The van der Waals surface area contributed by atoms with E-state index in [1.165, 1.54) is 0 Å². The summed E-state index contributed by atoms with van der Waals surface area (Å²) in [4.78, 5) is 0. The van der Waals surface area contributed by atoms with E-state index in [-0.39, 0.29) is 5.88 Å². The monoisotopic (exact) mass is 536 g/mol. The van der Waals surface area contributed by atoms with E-state index in [4.69, 9.17) is 34.8 Å². The first-order valence-corrected chi connectivity index (χ1v) is 15.9. The third kappa shape index (κ3) is 20.2. The molecule has 0 spiro atoms. The number of alkyl halides is 3. The molecule has 0 aromatic carbocycles. The Balaban J connectivity index is 3.94. The maximum absolute atomic E-state index is 9.60. The van der Waals surface area contributed by atoms with Crippen LogP contribution in [0, 0.1) is 0 Å². The van der Waals surface area contributed by atoms with Crippen LogP contribution in [-0.4, -0.2) is 108 Å². The number of aliphatic hydroxyl groups excluding tert-OH is 3. The highest BCUT2D eigenvalue weighted by Gasteiger charge is 2.12. The summed E-state index contributed by atoms with van der Waals surface area (Å²) < 4.78 is 0. The highest BCUT2D eigenvalue weighted by Crippen LogP contribution is 2.23. The molecular formula is C16H31Cl3O3S5. The molecule has 0 aromatic heterocycles. The summed E-state index contributed by atoms with van der Waals surface area (Å²) in [5.74, 6) is 9.11. The van der Waals surface area contributed by atoms with Crippen LogP contribution in [0.5, 0.6) is 0 Å². The standard InChI is InChI=1S/C16H31Cl3O3S5/c17-5-13(20)8-23-1-2-25-11-16(12-26-10-15(22)7-19)27-4-3-24-9-14(21)6-18/h13-16,20-22H,1-12H2. The Morgan fingerprint density at radius 2 is 0.889 bits per heavy atom. The number of hydrogen-bond donors (Lipinski definition) is 3. The van der Waals surface area contributed by atoms with Gasteiger partial charge in [0, 0.05) is 74.7 Å². The van der Waals surface area contributed by atoms with E-state index < -0.39 is 18.3 Å². The van der Waals surface area contributed by atoms with Gasteiger partial charge in [0.25, 0.3) is 0 Å². The molecule has 4 atom stereocenters. The first kappa shape index (κ1) is 29.5. The number of hydrogen-bond acceptors (Lipinski definition) is 8. The average Bonchev–Trinajstić information content (AvgIpc) is 2.68. The van der Waals surface area contributed by atoms with Crippen molar-refractivity contribution in [1.82, 2.24) is 0 Å². The van der Waals surface area contributed by atoms with Crippen LogP contribution in [0.25, 0.3) is 0 Å². The molecule has 0 fully saturated rings. The van der Waals surface area contributed by atoms with Gasteiger partial charge in [-0.25, -0.2) is 0 Å². The molecule has 0 saturated carbocycles. The minimum absolute atomic E-state index is 0.282. The summed E-state index contributed by atoms with van der Waals surface area (Å²) >= 11 is 26.0. The molecule has 0 aliphatic heterocycles. The highest BCUT2D eigenvalue weighted by molar-refractivity contribution is 8.06. The SMILES string of the molecule is OC(CCl)CSCCSCC(CSCC(O)CCl)SCCSCC(O)CCl. The van der Waals surface area contributed by atoms with Gasteiger partial charge in [-0.05, 0) is 0 Å². The summed E-state index contributed by atoms with van der Waals surface area (Å²) in [6, 6.07) is 0. The van der Waals surface area contributed by atoms with Crippen molar-refractivity contribution in [2.45, 2.75) is 23.6 Å². The minimum Gasteiger partial charge on any atom is -0.391 e. The lowest BCUT2D eigenvalue weighted by atomic mass is 10.5. The van der Waals surface area contributed by atoms with Crippen LogP contribution in [0.15, 0.2) is 0 Å². The fourth-order valence-electron chi connectivity index (χ4n) is 1.66. The fraction of sp³-hybridized carbons (Fsp3) is 1.00. The van der Waals surface area contributed by atoms with Gasteiger partial charge in [0.05, 0.1) is 18.3 Å². The molecular weight excluding hydrogens is 507 g/mol. The van der Waals surface area contributed by atoms with Gasteiger partial charge in [-0.1, -0.05) is 0 Å². The normalized spacial score (nSPS) is 16.2.